The summed E-state index contributed by atoms with van der Waals surface area (Å²) in [5.41, 5.74) is 1.48. The summed E-state index contributed by atoms with van der Waals surface area (Å²) >= 11 is 1.94. The quantitative estimate of drug-likeness (QED) is 0.639. The molecule has 2 rings (SSSR count). The van der Waals surface area contributed by atoms with Crippen molar-refractivity contribution in [3.05, 3.63) is 17.1 Å². The van der Waals surface area contributed by atoms with Crippen molar-refractivity contribution in [2.24, 2.45) is 0 Å². The van der Waals surface area contributed by atoms with Crippen LogP contribution in [0.4, 0.5) is 0 Å². The van der Waals surface area contributed by atoms with Crippen molar-refractivity contribution in [2.45, 2.75) is 31.6 Å². The fourth-order valence-electron chi connectivity index (χ4n) is 1.61. The van der Waals surface area contributed by atoms with Crippen molar-refractivity contribution in [2.75, 3.05) is 5.75 Å². The van der Waals surface area contributed by atoms with Gasteiger partial charge in [0.25, 0.3) is 0 Å². The van der Waals surface area contributed by atoms with Crippen LogP contribution in [0.5, 0.6) is 0 Å². The van der Waals surface area contributed by atoms with E-state index in [1.165, 1.54) is 28.4 Å². The lowest BCUT2D eigenvalue weighted by Gasteiger charge is -1.91. The molecular formula is C9H12OS. The van der Waals surface area contributed by atoms with Crippen molar-refractivity contribution >= 4 is 11.8 Å². The molecule has 60 valence electrons. The topological polar surface area (TPSA) is 13.1 Å². The second-order valence-corrected chi connectivity index (χ2v) is 3.95. The van der Waals surface area contributed by atoms with E-state index in [0.29, 0.717) is 0 Å². The molecule has 0 saturated heterocycles. The van der Waals surface area contributed by atoms with Crippen LogP contribution in [0, 0.1) is 6.92 Å². The monoisotopic (exact) mass is 168 g/mol. The maximum Gasteiger partial charge on any atom is 0.114 e. The van der Waals surface area contributed by atoms with E-state index in [9.17, 15) is 0 Å². The summed E-state index contributed by atoms with van der Waals surface area (Å²) in [6.07, 6.45) is 2.25. The summed E-state index contributed by atoms with van der Waals surface area (Å²) in [5.74, 6) is 3.58. The first-order valence-electron chi connectivity index (χ1n) is 4.07. The lowest BCUT2D eigenvalue weighted by atomic mass is 10.1. The number of thioether (sulfide) groups is 1. The molecule has 1 aliphatic heterocycles. The van der Waals surface area contributed by atoms with Crippen molar-refractivity contribution < 1.29 is 4.42 Å². The van der Waals surface area contributed by atoms with E-state index in [-0.39, 0.29) is 0 Å². The minimum absolute atomic E-state index is 1.04. The highest BCUT2D eigenvalue weighted by Crippen LogP contribution is 2.38. The average molecular weight is 168 g/mol. The molecule has 0 aromatic carbocycles. The molecule has 1 aromatic heterocycles. The van der Waals surface area contributed by atoms with Gasteiger partial charge in [-0.25, -0.2) is 0 Å². The third-order valence-electron chi connectivity index (χ3n) is 2.13. The highest BCUT2D eigenvalue weighted by molar-refractivity contribution is 7.99. The molecule has 0 saturated carbocycles. The van der Waals surface area contributed by atoms with E-state index in [2.05, 4.69) is 13.8 Å². The summed E-state index contributed by atoms with van der Waals surface area (Å²) in [4.78, 5) is 1.42. The number of hydrogen-bond acceptors (Lipinski definition) is 2. The fourth-order valence-corrected chi connectivity index (χ4v) is 2.76. The summed E-state index contributed by atoms with van der Waals surface area (Å²) in [7, 11) is 0. The highest BCUT2D eigenvalue weighted by Gasteiger charge is 2.21. The SMILES string of the molecule is CCc1oc(C)c2c1CCS2. The first-order valence-corrected chi connectivity index (χ1v) is 5.05. The van der Waals surface area contributed by atoms with Crippen LogP contribution in [0.15, 0.2) is 9.31 Å². The Balaban J connectivity index is 2.52. The third kappa shape index (κ3) is 1.00. The molecule has 0 fully saturated rings. The van der Waals surface area contributed by atoms with E-state index in [1.807, 2.05) is 11.8 Å². The van der Waals surface area contributed by atoms with Crippen LogP contribution in [0.1, 0.15) is 24.0 Å². The Morgan fingerprint density at radius 1 is 1.55 bits per heavy atom. The fraction of sp³-hybridized carbons (Fsp3) is 0.556. The number of rotatable bonds is 1. The molecule has 0 atom stereocenters. The molecule has 0 amide bonds. The molecule has 1 aromatic rings. The second-order valence-electron chi connectivity index (χ2n) is 2.84. The minimum Gasteiger partial charge on any atom is -0.465 e. The van der Waals surface area contributed by atoms with Crippen LogP contribution >= 0.6 is 11.8 Å². The Bertz CT molecular complexity index is 275. The Morgan fingerprint density at radius 3 is 3.09 bits per heavy atom. The second kappa shape index (κ2) is 2.59. The lowest BCUT2D eigenvalue weighted by Crippen LogP contribution is -1.84. The Kier molecular flexibility index (Phi) is 1.72. The zero-order chi connectivity index (χ0) is 7.84. The molecule has 2 heteroatoms. The molecular weight excluding hydrogens is 156 g/mol. The third-order valence-corrected chi connectivity index (χ3v) is 3.36. The van der Waals surface area contributed by atoms with Gasteiger partial charge in [-0.3, -0.25) is 0 Å². The van der Waals surface area contributed by atoms with Gasteiger partial charge in [-0.05, 0) is 13.3 Å². The van der Waals surface area contributed by atoms with Gasteiger partial charge in [0.1, 0.15) is 11.5 Å². The van der Waals surface area contributed by atoms with Crippen molar-refractivity contribution in [1.82, 2.24) is 0 Å². The number of hydrogen-bond donors (Lipinski definition) is 0. The van der Waals surface area contributed by atoms with Gasteiger partial charge in [0.05, 0.1) is 4.90 Å². The summed E-state index contributed by atoms with van der Waals surface area (Å²) in [6.45, 7) is 4.22. The lowest BCUT2D eigenvalue weighted by molar-refractivity contribution is 0.480. The first kappa shape index (κ1) is 7.29. The molecule has 0 radical (unpaired) electrons. The average Bonchev–Trinajstić information content (AvgIpc) is 2.54. The smallest absolute Gasteiger partial charge is 0.114 e. The van der Waals surface area contributed by atoms with Crippen LogP contribution in [-0.4, -0.2) is 5.75 Å². The molecule has 0 N–H and O–H groups in total. The normalized spacial score (nSPS) is 15.5. The van der Waals surface area contributed by atoms with Crippen LogP contribution in [0.3, 0.4) is 0 Å². The van der Waals surface area contributed by atoms with Gasteiger partial charge in [0, 0.05) is 17.7 Å². The first-order chi connectivity index (χ1) is 5.33. The standard InChI is InChI=1S/C9H12OS/c1-3-8-7-4-5-11-9(7)6(2)10-8/h3-5H2,1-2H3. The predicted octanol–water partition coefficient (Wildman–Crippen LogP) is 2.80. The predicted molar refractivity (Wildman–Crippen MR) is 47.3 cm³/mol. The molecule has 1 aliphatic rings. The maximum absolute atomic E-state index is 5.62. The summed E-state index contributed by atoms with van der Waals surface area (Å²) in [6, 6.07) is 0. The molecule has 2 heterocycles. The van der Waals surface area contributed by atoms with Crippen molar-refractivity contribution in [3.8, 4) is 0 Å². The van der Waals surface area contributed by atoms with Gasteiger partial charge in [-0.15, -0.1) is 11.8 Å². The molecule has 0 bridgehead atoms. The van der Waals surface area contributed by atoms with Crippen LogP contribution in [-0.2, 0) is 12.8 Å². The van der Waals surface area contributed by atoms with Gasteiger partial charge in [-0.2, -0.15) is 0 Å². The van der Waals surface area contributed by atoms with Gasteiger partial charge < -0.3 is 4.42 Å². The number of fused-ring (bicyclic) bond motifs is 1. The number of furan rings is 1. The Morgan fingerprint density at radius 2 is 2.36 bits per heavy atom. The maximum atomic E-state index is 5.62. The Labute approximate surface area is 71.2 Å². The number of aryl methyl sites for hydroxylation is 2. The largest absolute Gasteiger partial charge is 0.465 e. The van der Waals surface area contributed by atoms with Crippen molar-refractivity contribution in [3.63, 3.8) is 0 Å². The van der Waals surface area contributed by atoms with Gasteiger partial charge in [0.15, 0.2) is 0 Å². The molecule has 0 spiro atoms. The molecule has 1 nitrogen and oxygen atoms in total. The van der Waals surface area contributed by atoms with Crippen molar-refractivity contribution in [1.29, 1.82) is 0 Å². The Hall–Kier alpha value is -0.370. The molecule has 0 aliphatic carbocycles. The van der Waals surface area contributed by atoms with Crippen LogP contribution < -0.4 is 0 Å². The zero-order valence-corrected chi connectivity index (χ0v) is 7.75. The molecule has 11 heavy (non-hydrogen) atoms. The van der Waals surface area contributed by atoms with Gasteiger partial charge >= 0.3 is 0 Å². The van der Waals surface area contributed by atoms with E-state index in [0.717, 1.165) is 12.2 Å². The highest BCUT2D eigenvalue weighted by atomic mass is 32.2. The molecule has 0 unspecified atom stereocenters. The van der Waals surface area contributed by atoms with E-state index in [4.69, 9.17) is 4.42 Å². The van der Waals surface area contributed by atoms with E-state index in [1.54, 1.807) is 0 Å². The van der Waals surface area contributed by atoms with E-state index < -0.39 is 0 Å². The van der Waals surface area contributed by atoms with Crippen LogP contribution in [0.2, 0.25) is 0 Å². The zero-order valence-electron chi connectivity index (χ0n) is 6.94. The summed E-state index contributed by atoms with van der Waals surface area (Å²) in [5, 5.41) is 0. The summed E-state index contributed by atoms with van der Waals surface area (Å²) < 4.78 is 5.62. The van der Waals surface area contributed by atoms with E-state index >= 15 is 0 Å². The van der Waals surface area contributed by atoms with Gasteiger partial charge in [0.2, 0.25) is 0 Å². The minimum atomic E-state index is 1.04. The van der Waals surface area contributed by atoms with Gasteiger partial charge in [-0.1, -0.05) is 6.92 Å². The van der Waals surface area contributed by atoms with Crippen LogP contribution in [0.25, 0.3) is 0 Å².